The fourth-order valence-electron chi connectivity index (χ4n) is 18.1. The van der Waals surface area contributed by atoms with Crippen molar-refractivity contribution in [1.29, 1.82) is 0 Å². The van der Waals surface area contributed by atoms with Crippen molar-refractivity contribution in [2.24, 2.45) is 5.41 Å². The van der Waals surface area contributed by atoms with E-state index in [0.29, 0.717) is 0 Å². The molecule has 458 valence electrons. The minimum Gasteiger partial charge on any atom is -0.310 e. The van der Waals surface area contributed by atoms with Gasteiger partial charge >= 0.3 is 0 Å². The molecule has 16 rings (SSSR count). The molecule has 0 bridgehead atoms. The number of aryl methyl sites for hydroxylation is 1. The number of hydrogen-bond acceptors (Lipinski definition) is 4. The predicted octanol–water partition coefficient (Wildman–Crippen LogP) is 23.1. The Morgan fingerprint density at radius 1 is 0.473 bits per heavy atom. The van der Waals surface area contributed by atoms with Gasteiger partial charge in [-0.15, -0.1) is 22.7 Å². The number of fused-ring (bicyclic) bond motifs is 12. The molecule has 11 aromatic rings. The van der Waals surface area contributed by atoms with E-state index in [1.165, 1.54) is 164 Å². The van der Waals surface area contributed by atoms with Crippen LogP contribution in [-0.2, 0) is 38.9 Å². The third-order valence-electron chi connectivity index (χ3n) is 24.0. The Morgan fingerprint density at radius 2 is 1.12 bits per heavy atom. The first-order chi connectivity index (χ1) is 43.3. The topological polar surface area (TPSA) is 6.48 Å². The lowest BCUT2D eigenvalue weighted by molar-refractivity contribution is 0.110. The summed E-state index contributed by atoms with van der Waals surface area (Å²) in [6.45, 7) is 34.8. The summed E-state index contributed by atoms with van der Waals surface area (Å²) in [4.78, 5) is 5.38. The molecule has 4 aliphatic carbocycles. The fraction of sp³-hybridized carbons (Fsp3) is 0.349. The average Bonchev–Trinajstić information content (AvgIpc) is 1.60. The molecule has 0 saturated heterocycles. The van der Waals surface area contributed by atoms with E-state index >= 15 is 0 Å². The van der Waals surface area contributed by atoms with Crippen LogP contribution >= 0.6 is 22.7 Å². The van der Waals surface area contributed by atoms with Crippen LogP contribution in [0.3, 0.4) is 0 Å². The number of hydrogen-bond donors (Lipinski definition) is 0. The molecular weight excluding hydrogens is 1140 g/mol. The standard InChI is InChI=1S/C86H89BN2S2/c1-53-44-61(88(58-34-32-57(33-35-58)80(2,3)4)59-27-22-26-55(45-59)54-24-16-15-17-25-54)49-72-77(53)87(71-47-56(46-67-65(71)52-85(13)38-20-21-39-86(67,85)14)62-29-23-31-74-76(62)63-28-18-19-30-73(63)90-74)79-78(64-50-69-70(51-75(64)91-79)84(11,12)43-42-83(69,9)10)89(72)60-36-37-66-68(48-60)82(7,8)41-40-81(66,5)6/h15-19,22-37,44-51H,20-21,38-43,52H2,1-14H3. The van der Waals surface area contributed by atoms with Crippen LogP contribution in [-0.4, -0.2) is 6.71 Å². The molecule has 2 unspecified atom stereocenters. The van der Waals surface area contributed by atoms with Gasteiger partial charge in [-0.3, -0.25) is 0 Å². The summed E-state index contributed by atoms with van der Waals surface area (Å²) in [6.07, 6.45) is 10.8. The molecule has 2 nitrogen and oxygen atoms in total. The highest BCUT2D eigenvalue weighted by atomic mass is 32.1. The Morgan fingerprint density at radius 3 is 1.86 bits per heavy atom. The Balaban J connectivity index is 1.04. The van der Waals surface area contributed by atoms with Crippen LogP contribution in [0.4, 0.5) is 34.1 Å². The molecule has 0 spiro atoms. The molecule has 1 fully saturated rings. The normalized spacial score (nSPS) is 20.9. The van der Waals surface area contributed by atoms with Crippen LogP contribution in [0.15, 0.2) is 176 Å². The third-order valence-corrected chi connectivity index (χ3v) is 26.4. The van der Waals surface area contributed by atoms with Gasteiger partial charge in [0.2, 0.25) is 0 Å². The van der Waals surface area contributed by atoms with Crippen molar-refractivity contribution in [2.75, 3.05) is 9.80 Å². The van der Waals surface area contributed by atoms with Crippen molar-refractivity contribution in [1.82, 2.24) is 0 Å². The van der Waals surface area contributed by atoms with Gasteiger partial charge < -0.3 is 9.80 Å². The maximum Gasteiger partial charge on any atom is 0.260 e. The Hall–Kier alpha value is -7.18. The van der Waals surface area contributed by atoms with Crippen molar-refractivity contribution in [3.05, 3.63) is 220 Å². The average molecular weight is 1230 g/mol. The van der Waals surface area contributed by atoms with Gasteiger partial charge in [-0.05, 0) is 229 Å². The van der Waals surface area contributed by atoms with Crippen molar-refractivity contribution >= 4 is 109 Å². The second-order valence-electron chi connectivity index (χ2n) is 32.6. The van der Waals surface area contributed by atoms with Crippen molar-refractivity contribution in [3.63, 3.8) is 0 Å². The van der Waals surface area contributed by atoms with Gasteiger partial charge in [0.1, 0.15) is 0 Å². The van der Waals surface area contributed by atoms with Crippen LogP contribution < -0.4 is 25.5 Å². The molecule has 5 aliphatic rings. The quantitative estimate of drug-likeness (QED) is 0.147. The third kappa shape index (κ3) is 9.10. The van der Waals surface area contributed by atoms with Gasteiger partial charge in [-0.25, -0.2) is 0 Å². The molecular formula is C86H89BN2S2. The molecule has 5 heteroatoms. The smallest absolute Gasteiger partial charge is 0.260 e. The summed E-state index contributed by atoms with van der Waals surface area (Å²) in [5.41, 5.74) is 27.7. The molecule has 2 aromatic heterocycles. The van der Waals surface area contributed by atoms with E-state index in [4.69, 9.17) is 0 Å². The zero-order valence-corrected chi connectivity index (χ0v) is 58.0. The minimum absolute atomic E-state index is 0.00645. The highest BCUT2D eigenvalue weighted by Crippen LogP contribution is 2.61. The van der Waals surface area contributed by atoms with Crippen molar-refractivity contribution in [3.8, 4) is 22.3 Å². The molecule has 9 aromatic carbocycles. The van der Waals surface area contributed by atoms with E-state index < -0.39 is 0 Å². The molecule has 1 aliphatic heterocycles. The first-order valence-corrected chi connectivity index (χ1v) is 35.8. The summed E-state index contributed by atoms with van der Waals surface area (Å²) in [6, 6.07) is 69.8. The fourth-order valence-corrected chi connectivity index (χ4v) is 20.6. The second-order valence-corrected chi connectivity index (χ2v) is 34.8. The van der Waals surface area contributed by atoms with E-state index in [1.807, 2.05) is 11.3 Å². The molecule has 0 N–H and O–H groups in total. The highest BCUT2D eigenvalue weighted by Gasteiger charge is 2.55. The Bertz CT molecular complexity index is 4790. The lowest BCUT2D eigenvalue weighted by atomic mass is 9.36. The van der Waals surface area contributed by atoms with E-state index in [1.54, 1.807) is 11.1 Å². The highest BCUT2D eigenvalue weighted by molar-refractivity contribution is 7.33. The molecule has 1 saturated carbocycles. The van der Waals surface area contributed by atoms with E-state index in [2.05, 4.69) is 294 Å². The van der Waals surface area contributed by atoms with E-state index in [0.717, 1.165) is 29.9 Å². The molecule has 3 heterocycles. The van der Waals surface area contributed by atoms with Crippen LogP contribution in [0.1, 0.15) is 186 Å². The van der Waals surface area contributed by atoms with Crippen molar-refractivity contribution in [2.45, 2.75) is 187 Å². The summed E-state index contributed by atoms with van der Waals surface area (Å²) in [5, 5.41) is 4.14. The maximum absolute atomic E-state index is 2.81. The van der Waals surface area contributed by atoms with Crippen molar-refractivity contribution < 1.29 is 0 Å². The monoisotopic (exact) mass is 1220 g/mol. The predicted molar refractivity (Wildman–Crippen MR) is 398 cm³/mol. The van der Waals surface area contributed by atoms with Gasteiger partial charge in [-0.2, -0.15) is 0 Å². The van der Waals surface area contributed by atoms with Crippen LogP contribution in [0.25, 0.3) is 52.5 Å². The van der Waals surface area contributed by atoms with Crippen LogP contribution in [0, 0.1) is 12.3 Å². The second kappa shape index (κ2) is 20.4. The SMILES string of the molecule is Cc1cc(N(c2ccc(C(C)(C)C)cc2)c2cccc(-c3ccccc3)c2)cc2c1B(c1cc(-c3cccc4sc5ccccc5c34)cc3c1CC1(C)CCCCC31C)c1sc3cc4c(cc3c1N2c1ccc2c(c1)C(C)(C)CCC2(C)C)C(C)(C)CCC4(C)C. The lowest BCUT2D eigenvalue weighted by Crippen LogP contribution is -2.58. The number of anilines is 6. The van der Waals surface area contributed by atoms with E-state index in [9.17, 15) is 0 Å². The first-order valence-electron chi connectivity index (χ1n) is 34.2. The summed E-state index contributed by atoms with van der Waals surface area (Å²) < 4.78 is 5.60. The van der Waals surface area contributed by atoms with Gasteiger partial charge in [0.05, 0.1) is 5.69 Å². The van der Waals surface area contributed by atoms with Gasteiger partial charge in [0, 0.05) is 63.5 Å². The summed E-state index contributed by atoms with van der Waals surface area (Å²) in [5.74, 6) is 0. The number of benzene rings is 9. The van der Waals surface area contributed by atoms with Gasteiger partial charge in [0.15, 0.2) is 0 Å². The summed E-state index contributed by atoms with van der Waals surface area (Å²) in [7, 11) is 0. The number of thiophene rings is 2. The van der Waals surface area contributed by atoms with E-state index in [-0.39, 0.29) is 44.6 Å². The largest absolute Gasteiger partial charge is 0.310 e. The zero-order valence-electron chi connectivity index (χ0n) is 56.4. The van der Waals surface area contributed by atoms with Gasteiger partial charge in [-0.1, -0.05) is 217 Å². The molecule has 91 heavy (non-hydrogen) atoms. The molecule has 0 amide bonds. The Kier molecular flexibility index (Phi) is 13.2. The zero-order chi connectivity index (χ0) is 63.1. The number of rotatable bonds is 7. The molecule has 2 atom stereocenters. The maximum atomic E-state index is 2.81. The summed E-state index contributed by atoms with van der Waals surface area (Å²) >= 11 is 4.05. The van der Waals surface area contributed by atoms with Crippen LogP contribution in [0.5, 0.6) is 0 Å². The minimum atomic E-state index is -0.0425. The molecule has 0 radical (unpaired) electrons. The first kappa shape index (κ1) is 58.9. The van der Waals surface area contributed by atoms with Gasteiger partial charge in [0.25, 0.3) is 6.71 Å². The number of nitrogens with zero attached hydrogens (tertiary/aromatic N) is 2. The lowest BCUT2D eigenvalue weighted by Gasteiger charge is -2.46. The Labute approximate surface area is 550 Å². The van der Waals surface area contributed by atoms with Crippen LogP contribution in [0.2, 0.25) is 0 Å².